The number of aromatic nitrogens is 1. The fraction of sp³-hybridized carbons (Fsp3) is 0.360. The molecule has 1 saturated heterocycles. The van der Waals surface area contributed by atoms with E-state index in [9.17, 15) is 13.2 Å². The summed E-state index contributed by atoms with van der Waals surface area (Å²) in [6.07, 6.45) is 6.11. The number of ether oxygens (including phenoxy) is 1. The zero-order valence-electron chi connectivity index (χ0n) is 18.5. The molecule has 7 nitrogen and oxygen atoms in total. The molecule has 1 aliphatic rings. The number of hydrogen-bond acceptors (Lipinski definition) is 6. The van der Waals surface area contributed by atoms with Crippen LogP contribution >= 0.6 is 0 Å². The zero-order chi connectivity index (χ0) is 23.1. The number of rotatable bonds is 8. The SMILES string of the molecule is O=C(CCc1ccc(S(=O)(=O)N2CCCCCC2)cc1)OCc1coc(-c2ccccc2)n1. The van der Waals surface area contributed by atoms with Crippen LogP contribution < -0.4 is 0 Å². The summed E-state index contributed by atoms with van der Waals surface area (Å²) in [4.78, 5) is 16.8. The number of sulfonamides is 1. The summed E-state index contributed by atoms with van der Waals surface area (Å²) in [5, 5.41) is 0. The predicted octanol–water partition coefficient (Wildman–Crippen LogP) is 4.58. The van der Waals surface area contributed by atoms with Gasteiger partial charge in [-0.1, -0.05) is 43.2 Å². The summed E-state index contributed by atoms with van der Waals surface area (Å²) in [5.74, 6) is 0.136. The monoisotopic (exact) mass is 468 g/mol. The van der Waals surface area contributed by atoms with Gasteiger partial charge in [-0.2, -0.15) is 4.31 Å². The van der Waals surface area contributed by atoms with Gasteiger partial charge in [-0.3, -0.25) is 4.79 Å². The van der Waals surface area contributed by atoms with Crippen molar-refractivity contribution in [3.63, 3.8) is 0 Å². The van der Waals surface area contributed by atoms with E-state index in [0.717, 1.165) is 36.8 Å². The van der Waals surface area contributed by atoms with E-state index in [1.807, 2.05) is 30.3 Å². The second-order valence-corrected chi connectivity index (χ2v) is 10.1. The van der Waals surface area contributed by atoms with Gasteiger partial charge in [-0.25, -0.2) is 13.4 Å². The van der Waals surface area contributed by atoms with Gasteiger partial charge in [-0.15, -0.1) is 0 Å². The largest absolute Gasteiger partial charge is 0.459 e. The van der Waals surface area contributed by atoms with Gasteiger partial charge in [0.15, 0.2) is 0 Å². The van der Waals surface area contributed by atoms with Crippen LogP contribution in [-0.2, 0) is 32.6 Å². The number of aryl methyl sites for hydroxylation is 1. The quantitative estimate of drug-likeness (QED) is 0.450. The first-order valence-corrected chi connectivity index (χ1v) is 12.7. The maximum absolute atomic E-state index is 12.9. The molecule has 0 bridgehead atoms. The molecule has 0 unspecified atom stereocenters. The Morgan fingerprint density at radius 1 is 0.970 bits per heavy atom. The standard InChI is InChI=1S/C25H28N2O5S/c28-24(31-18-22-19-32-25(26-22)21-8-4-3-5-9-21)15-12-20-10-13-23(14-11-20)33(29,30)27-16-6-1-2-7-17-27/h3-5,8-11,13-14,19H,1-2,6-7,12,15-18H2. The van der Waals surface area contributed by atoms with Gasteiger partial charge in [0.05, 0.1) is 4.90 Å². The van der Waals surface area contributed by atoms with Gasteiger partial charge in [0, 0.05) is 25.1 Å². The van der Waals surface area contributed by atoms with Crippen molar-refractivity contribution in [3.05, 3.63) is 72.1 Å². The Morgan fingerprint density at radius 2 is 1.67 bits per heavy atom. The minimum Gasteiger partial charge on any atom is -0.459 e. The number of hydrogen-bond donors (Lipinski definition) is 0. The van der Waals surface area contributed by atoms with Gasteiger partial charge < -0.3 is 9.15 Å². The van der Waals surface area contributed by atoms with E-state index < -0.39 is 10.0 Å². The van der Waals surface area contributed by atoms with Crippen LogP contribution in [0.4, 0.5) is 0 Å². The highest BCUT2D eigenvalue weighted by Gasteiger charge is 2.24. The lowest BCUT2D eigenvalue weighted by Crippen LogP contribution is -2.31. The lowest BCUT2D eigenvalue weighted by molar-refractivity contribution is -0.145. The Bertz CT molecular complexity index is 1150. The third kappa shape index (κ3) is 6.09. The lowest BCUT2D eigenvalue weighted by atomic mass is 10.1. The number of carbonyl (C=O) groups is 1. The van der Waals surface area contributed by atoms with E-state index >= 15 is 0 Å². The van der Waals surface area contributed by atoms with Crippen LogP contribution in [0.25, 0.3) is 11.5 Å². The normalized spacial score (nSPS) is 15.2. The van der Waals surface area contributed by atoms with Gasteiger partial charge in [0.1, 0.15) is 18.6 Å². The van der Waals surface area contributed by atoms with Crippen molar-refractivity contribution in [1.82, 2.24) is 9.29 Å². The Kier molecular flexibility index (Phi) is 7.57. The summed E-state index contributed by atoms with van der Waals surface area (Å²) in [5.41, 5.74) is 2.29. The Labute approximate surface area is 194 Å². The van der Waals surface area contributed by atoms with E-state index in [1.165, 1.54) is 6.26 Å². The molecule has 0 N–H and O–H groups in total. The second kappa shape index (κ2) is 10.8. The van der Waals surface area contributed by atoms with Crippen molar-refractivity contribution in [2.45, 2.75) is 50.0 Å². The number of nitrogens with zero attached hydrogens (tertiary/aromatic N) is 2. The lowest BCUT2D eigenvalue weighted by Gasteiger charge is -2.20. The maximum atomic E-state index is 12.9. The molecular formula is C25H28N2O5S. The molecule has 2 aromatic carbocycles. The molecule has 8 heteroatoms. The fourth-order valence-electron chi connectivity index (χ4n) is 3.82. The zero-order valence-corrected chi connectivity index (χ0v) is 19.3. The van der Waals surface area contributed by atoms with E-state index in [0.29, 0.717) is 36.0 Å². The van der Waals surface area contributed by atoms with E-state index in [-0.39, 0.29) is 19.0 Å². The van der Waals surface area contributed by atoms with Crippen LogP contribution in [0.15, 0.2) is 70.2 Å². The van der Waals surface area contributed by atoms with Crippen LogP contribution in [0.2, 0.25) is 0 Å². The van der Waals surface area contributed by atoms with Gasteiger partial charge in [0.2, 0.25) is 15.9 Å². The average Bonchev–Trinajstić information content (AvgIpc) is 3.14. The van der Waals surface area contributed by atoms with Gasteiger partial charge >= 0.3 is 5.97 Å². The van der Waals surface area contributed by atoms with Gasteiger partial charge in [-0.05, 0) is 49.1 Å². The molecule has 1 aliphatic heterocycles. The van der Waals surface area contributed by atoms with Crippen LogP contribution in [0, 0.1) is 0 Å². The summed E-state index contributed by atoms with van der Waals surface area (Å²) in [6.45, 7) is 1.20. The smallest absolute Gasteiger partial charge is 0.306 e. The summed E-state index contributed by atoms with van der Waals surface area (Å²) in [6, 6.07) is 16.3. The Hall–Kier alpha value is -2.97. The summed E-state index contributed by atoms with van der Waals surface area (Å²) >= 11 is 0. The molecule has 174 valence electrons. The first kappa shape index (κ1) is 23.2. The first-order valence-electron chi connectivity index (χ1n) is 11.3. The highest BCUT2D eigenvalue weighted by Crippen LogP contribution is 2.21. The number of esters is 1. The van der Waals surface area contributed by atoms with Crippen LogP contribution in [0.5, 0.6) is 0 Å². The van der Waals surface area contributed by atoms with Crippen LogP contribution in [-0.4, -0.2) is 36.8 Å². The van der Waals surface area contributed by atoms with E-state index in [4.69, 9.17) is 9.15 Å². The molecular weight excluding hydrogens is 440 g/mol. The molecule has 2 heterocycles. The molecule has 0 spiro atoms. The van der Waals surface area contributed by atoms with Crippen molar-refractivity contribution in [2.24, 2.45) is 0 Å². The average molecular weight is 469 g/mol. The Morgan fingerprint density at radius 3 is 2.36 bits per heavy atom. The molecule has 1 aromatic heterocycles. The molecule has 33 heavy (non-hydrogen) atoms. The molecule has 0 aliphatic carbocycles. The number of carbonyl (C=O) groups excluding carboxylic acids is 1. The van der Waals surface area contributed by atoms with Crippen LogP contribution in [0.1, 0.15) is 43.4 Å². The highest BCUT2D eigenvalue weighted by molar-refractivity contribution is 7.89. The first-order chi connectivity index (χ1) is 16.0. The minimum atomic E-state index is -3.46. The van der Waals surface area contributed by atoms with Crippen molar-refractivity contribution in [1.29, 1.82) is 0 Å². The third-order valence-corrected chi connectivity index (χ3v) is 7.61. The highest BCUT2D eigenvalue weighted by atomic mass is 32.2. The maximum Gasteiger partial charge on any atom is 0.306 e. The number of benzene rings is 2. The van der Waals surface area contributed by atoms with E-state index in [2.05, 4.69) is 4.98 Å². The van der Waals surface area contributed by atoms with E-state index in [1.54, 1.807) is 28.6 Å². The van der Waals surface area contributed by atoms with Crippen molar-refractivity contribution in [3.8, 4) is 11.5 Å². The molecule has 0 radical (unpaired) electrons. The molecule has 0 saturated carbocycles. The van der Waals surface area contributed by atoms with Crippen molar-refractivity contribution in [2.75, 3.05) is 13.1 Å². The molecule has 1 fully saturated rings. The van der Waals surface area contributed by atoms with Crippen molar-refractivity contribution >= 4 is 16.0 Å². The molecule has 4 rings (SSSR count). The molecule has 3 aromatic rings. The van der Waals surface area contributed by atoms with Gasteiger partial charge in [0.25, 0.3) is 0 Å². The summed E-state index contributed by atoms with van der Waals surface area (Å²) < 4.78 is 38.1. The van der Waals surface area contributed by atoms with Crippen molar-refractivity contribution < 1.29 is 22.4 Å². The Balaban J connectivity index is 1.26. The second-order valence-electron chi connectivity index (χ2n) is 8.13. The third-order valence-electron chi connectivity index (χ3n) is 5.70. The summed E-state index contributed by atoms with van der Waals surface area (Å²) in [7, 11) is -3.46. The van der Waals surface area contributed by atoms with Crippen LogP contribution in [0.3, 0.4) is 0 Å². The molecule has 0 amide bonds. The predicted molar refractivity (Wildman–Crippen MR) is 124 cm³/mol. The number of oxazole rings is 1. The fourth-order valence-corrected chi connectivity index (χ4v) is 5.34. The topological polar surface area (TPSA) is 89.7 Å². The minimum absolute atomic E-state index is 0.0438. The molecule has 0 atom stereocenters.